The van der Waals surface area contributed by atoms with E-state index in [9.17, 15) is 13.2 Å². The van der Waals surface area contributed by atoms with E-state index < -0.39 is 10.0 Å². The zero-order chi connectivity index (χ0) is 20.6. The molecule has 2 rings (SSSR count). The van der Waals surface area contributed by atoms with Crippen LogP contribution in [0.3, 0.4) is 0 Å². The molecule has 0 bridgehead atoms. The summed E-state index contributed by atoms with van der Waals surface area (Å²) in [6.07, 6.45) is 6.30. The Labute approximate surface area is 170 Å². The molecule has 0 saturated heterocycles. The van der Waals surface area contributed by atoms with Crippen molar-refractivity contribution in [1.82, 2.24) is 14.9 Å². The first-order valence-corrected chi connectivity index (χ1v) is 11.9. The zero-order valence-electron chi connectivity index (χ0n) is 17.4. The van der Waals surface area contributed by atoms with E-state index in [1.54, 1.807) is 12.1 Å². The number of carbonyl (C=O) groups is 1. The van der Waals surface area contributed by atoms with Crippen LogP contribution >= 0.6 is 0 Å². The molecule has 158 valence electrons. The monoisotopic (exact) mass is 409 g/mol. The maximum absolute atomic E-state index is 12.6. The highest BCUT2D eigenvalue weighted by atomic mass is 32.2. The van der Waals surface area contributed by atoms with Crippen molar-refractivity contribution in [2.45, 2.75) is 63.8 Å². The number of nitrogens with zero attached hydrogens (tertiary/aromatic N) is 1. The van der Waals surface area contributed by atoms with E-state index in [-0.39, 0.29) is 18.5 Å². The molecule has 1 aliphatic carbocycles. The first-order valence-electron chi connectivity index (χ1n) is 10.5. The Balaban J connectivity index is 1.83. The molecule has 1 amide bonds. The van der Waals surface area contributed by atoms with Gasteiger partial charge in [0.15, 0.2) is 0 Å². The zero-order valence-corrected chi connectivity index (χ0v) is 18.2. The molecule has 7 heteroatoms. The van der Waals surface area contributed by atoms with Crippen molar-refractivity contribution < 1.29 is 13.2 Å². The fraction of sp³-hybridized carbons (Fsp3) is 0.667. The molecule has 0 aromatic heterocycles. The molecule has 1 atom stereocenters. The fourth-order valence-electron chi connectivity index (χ4n) is 3.72. The molecule has 0 aliphatic heterocycles. The highest BCUT2D eigenvalue weighted by Gasteiger charge is 2.21. The number of benzene rings is 1. The molecule has 1 saturated carbocycles. The molecule has 0 unspecified atom stereocenters. The van der Waals surface area contributed by atoms with Crippen LogP contribution in [-0.2, 0) is 14.8 Å². The van der Waals surface area contributed by atoms with Crippen molar-refractivity contribution in [3.63, 3.8) is 0 Å². The van der Waals surface area contributed by atoms with Crippen molar-refractivity contribution in [2.24, 2.45) is 5.92 Å². The number of carbonyl (C=O) groups excluding carboxylic acids is 1. The van der Waals surface area contributed by atoms with Gasteiger partial charge in [0.2, 0.25) is 15.9 Å². The van der Waals surface area contributed by atoms with Crippen LogP contribution in [0.4, 0.5) is 0 Å². The minimum Gasteiger partial charge on any atom is -0.355 e. The molecule has 0 radical (unpaired) electrons. The molecule has 6 nitrogen and oxygen atoms in total. The van der Waals surface area contributed by atoms with Crippen LogP contribution in [0.25, 0.3) is 0 Å². The van der Waals surface area contributed by atoms with Crippen LogP contribution < -0.4 is 10.6 Å². The van der Waals surface area contributed by atoms with E-state index in [1.807, 2.05) is 32.9 Å². The first-order chi connectivity index (χ1) is 13.4. The molecule has 1 aliphatic rings. The second kappa shape index (κ2) is 10.9. The smallest absolute Gasteiger partial charge is 0.243 e. The van der Waals surface area contributed by atoms with E-state index in [0.717, 1.165) is 12.1 Å². The lowest BCUT2D eigenvalue weighted by atomic mass is 9.89. The summed E-state index contributed by atoms with van der Waals surface area (Å²) in [5.41, 5.74) is 0.957. The Kier molecular flexibility index (Phi) is 8.92. The number of nitrogens with one attached hydrogen (secondary N) is 2. The normalized spacial score (nSPS) is 16.9. The SMILES string of the molecule is CCN(CC)S(=O)(=O)c1ccc([C@H](C)NCC(=O)NCC2CCCCC2)cc1. The van der Waals surface area contributed by atoms with Crippen LogP contribution in [0.1, 0.15) is 64.5 Å². The molecule has 1 fully saturated rings. The largest absolute Gasteiger partial charge is 0.355 e. The molecule has 2 N–H and O–H groups in total. The van der Waals surface area contributed by atoms with Gasteiger partial charge in [-0.3, -0.25) is 4.79 Å². The third-order valence-corrected chi connectivity index (χ3v) is 7.67. The third-order valence-electron chi connectivity index (χ3n) is 5.60. The Morgan fingerprint density at radius 2 is 1.71 bits per heavy atom. The average molecular weight is 410 g/mol. The maximum atomic E-state index is 12.6. The summed E-state index contributed by atoms with van der Waals surface area (Å²) < 4.78 is 26.5. The van der Waals surface area contributed by atoms with Crippen molar-refractivity contribution >= 4 is 15.9 Å². The minimum absolute atomic E-state index is 0.0122. The van der Waals surface area contributed by atoms with Gasteiger partial charge < -0.3 is 10.6 Å². The highest BCUT2D eigenvalue weighted by Crippen LogP contribution is 2.22. The van der Waals surface area contributed by atoms with Crippen LogP contribution in [0.15, 0.2) is 29.2 Å². The summed E-state index contributed by atoms with van der Waals surface area (Å²) in [6.45, 7) is 7.58. The molecule has 0 spiro atoms. The van der Waals surface area contributed by atoms with Crippen LogP contribution in [0, 0.1) is 5.92 Å². The Hall–Kier alpha value is -1.44. The molecular formula is C21H35N3O3S. The van der Waals surface area contributed by atoms with Gasteiger partial charge in [0.25, 0.3) is 0 Å². The van der Waals surface area contributed by atoms with E-state index in [0.29, 0.717) is 23.9 Å². The summed E-state index contributed by atoms with van der Waals surface area (Å²) in [6, 6.07) is 6.88. The fourth-order valence-corrected chi connectivity index (χ4v) is 5.17. The summed E-state index contributed by atoms with van der Waals surface area (Å²) in [4.78, 5) is 12.4. The first kappa shape index (κ1) is 22.8. The van der Waals surface area contributed by atoms with Crippen LogP contribution in [0.2, 0.25) is 0 Å². The van der Waals surface area contributed by atoms with E-state index >= 15 is 0 Å². The minimum atomic E-state index is -3.44. The summed E-state index contributed by atoms with van der Waals surface area (Å²) >= 11 is 0. The quantitative estimate of drug-likeness (QED) is 0.622. The van der Waals surface area contributed by atoms with Crippen molar-refractivity contribution in [3.05, 3.63) is 29.8 Å². The molecule has 1 aromatic rings. The predicted molar refractivity (Wildman–Crippen MR) is 113 cm³/mol. The summed E-state index contributed by atoms with van der Waals surface area (Å²) in [7, 11) is -3.44. The lowest BCUT2D eigenvalue weighted by Gasteiger charge is -2.22. The van der Waals surface area contributed by atoms with Gasteiger partial charge in [0.05, 0.1) is 11.4 Å². The molecular weight excluding hydrogens is 374 g/mol. The highest BCUT2D eigenvalue weighted by molar-refractivity contribution is 7.89. The predicted octanol–water partition coefficient (Wildman–Crippen LogP) is 3.06. The summed E-state index contributed by atoms with van der Waals surface area (Å²) in [5, 5.41) is 6.25. The number of rotatable bonds is 10. The number of amides is 1. The second-order valence-electron chi connectivity index (χ2n) is 7.57. The van der Waals surface area contributed by atoms with Gasteiger partial charge in [-0.1, -0.05) is 45.2 Å². The van der Waals surface area contributed by atoms with Gasteiger partial charge in [0.1, 0.15) is 0 Å². The lowest BCUT2D eigenvalue weighted by Crippen LogP contribution is -2.37. The number of hydrogen-bond donors (Lipinski definition) is 2. The van der Waals surface area contributed by atoms with Crippen LogP contribution in [0.5, 0.6) is 0 Å². The van der Waals surface area contributed by atoms with Crippen molar-refractivity contribution in [2.75, 3.05) is 26.2 Å². The topological polar surface area (TPSA) is 78.5 Å². The maximum Gasteiger partial charge on any atom is 0.243 e. The van der Waals surface area contributed by atoms with Crippen LogP contribution in [-0.4, -0.2) is 44.8 Å². The average Bonchev–Trinajstić information content (AvgIpc) is 2.72. The number of sulfonamides is 1. The van der Waals surface area contributed by atoms with Gasteiger partial charge >= 0.3 is 0 Å². The Morgan fingerprint density at radius 1 is 1.11 bits per heavy atom. The van der Waals surface area contributed by atoms with Gasteiger partial charge in [-0.05, 0) is 43.4 Å². The number of hydrogen-bond acceptors (Lipinski definition) is 4. The standard InChI is InChI=1S/C21H35N3O3S/c1-4-24(5-2)28(26,27)20-13-11-19(12-14-20)17(3)22-16-21(25)23-15-18-9-7-6-8-10-18/h11-14,17-18,22H,4-10,15-16H2,1-3H3,(H,23,25)/t17-/m0/s1. The Bertz CT molecular complexity index is 709. The van der Waals surface area contributed by atoms with Gasteiger partial charge in [-0.15, -0.1) is 0 Å². The van der Waals surface area contributed by atoms with Crippen molar-refractivity contribution in [1.29, 1.82) is 0 Å². The van der Waals surface area contributed by atoms with E-state index in [2.05, 4.69) is 10.6 Å². The molecule has 1 aromatic carbocycles. The van der Waals surface area contributed by atoms with E-state index in [1.165, 1.54) is 36.4 Å². The Morgan fingerprint density at radius 3 is 2.29 bits per heavy atom. The van der Waals surface area contributed by atoms with E-state index in [4.69, 9.17) is 0 Å². The van der Waals surface area contributed by atoms with Gasteiger partial charge in [-0.2, -0.15) is 4.31 Å². The molecule has 0 heterocycles. The van der Waals surface area contributed by atoms with Crippen molar-refractivity contribution in [3.8, 4) is 0 Å². The lowest BCUT2D eigenvalue weighted by molar-refractivity contribution is -0.120. The van der Waals surface area contributed by atoms with Gasteiger partial charge in [0, 0.05) is 25.7 Å². The second-order valence-corrected chi connectivity index (χ2v) is 9.51. The van der Waals surface area contributed by atoms with Gasteiger partial charge in [-0.25, -0.2) is 8.42 Å². The third kappa shape index (κ3) is 6.29. The summed E-state index contributed by atoms with van der Waals surface area (Å²) in [5.74, 6) is 0.633. The molecule has 28 heavy (non-hydrogen) atoms.